The van der Waals surface area contributed by atoms with Gasteiger partial charge in [0.1, 0.15) is 0 Å². The van der Waals surface area contributed by atoms with Crippen LogP contribution in [0.5, 0.6) is 0 Å². The first-order valence-electron chi connectivity index (χ1n) is 8.14. The zero-order valence-electron chi connectivity index (χ0n) is 14.3. The van der Waals surface area contributed by atoms with Crippen molar-refractivity contribution in [1.82, 2.24) is 19.9 Å². The van der Waals surface area contributed by atoms with Crippen molar-refractivity contribution in [2.24, 2.45) is 0 Å². The Balaban J connectivity index is 0.000000129. The summed E-state index contributed by atoms with van der Waals surface area (Å²) >= 11 is 0. The van der Waals surface area contributed by atoms with Crippen LogP contribution >= 0.6 is 0 Å². The lowest BCUT2D eigenvalue weighted by atomic mass is 10.0. The first-order chi connectivity index (χ1) is 12.4. The van der Waals surface area contributed by atoms with Gasteiger partial charge in [-0.15, -0.1) is 0 Å². The van der Waals surface area contributed by atoms with Crippen molar-refractivity contribution in [3.05, 3.63) is 104 Å². The second-order valence-electron chi connectivity index (χ2n) is 5.16. The summed E-state index contributed by atoms with van der Waals surface area (Å²) in [5.74, 6) is 0. The van der Waals surface area contributed by atoms with Crippen LogP contribution in [-0.4, -0.2) is 27.8 Å². The SMILES string of the molecule is Bc1[nH]cc2ccccc12.c1cc[nH]c1.c1cc[nH]c1.c1cc[nH]c1. The molecule has 0 unspecified atom stereocenters. The van der Waals surface area contributed by atoms with Crippen LogP contribution in [0.1, 0.15) is 0 Å². The predicted molar refractivity (Wildman–Crippen MR) is 109 cm³/mol. The Hall–Kier alpha value is -3.34. The average molecular weight is 330 g/mol. The van der Waals surface area contributed by atoms with E-state index in [9.17, 15) is 0 Å². The van der Waals surface area contributed by atoms with Crippen LogP contribution in [0.4, 0.5) is 0 Å². The van der Waals surface area contributed by atoms with Crippen molar-refractivity contribution in [3.8, 4) is 0 Å². The highest BCUT2D eigenvalue weighted by molar-refractivity contribution is 6.37. The van der Waals surface area contributed by atoms with Crippen molar-refractivity contribution < 1.29 is 0 Å². The zero-order valence-corrected chi connectivity index (χ0v) is 14.3. The van der Waals surface area contributed by atoms with Gasteiger partial charge in [-0.25, -0.2) is 0 Å². The Morgan fingerprint density at radius 3 is 1.36 bits per heavy atom. The first-order valence-corrected chi connectivity index (χ1v) is 8.14. The number of fused-ring (bicyclic) bond motifs is 1. The van der Waals surface area contributed by atoms with Crippen LogP contribution in [0.25, 0.3) is 10.8 Å². The smallest absolute Gasteiger partial charge is 0.161 e. The van der Waals surface area contributed by atoms with E-state index in [1.165, 1.54) is 16.4 Å². The van der Waals surface area contributed by atoms with Crippen molar-refractivity contribution in [2.75, 3.05) is 0 Å². The van der Waals surface area contributed by atoms with E-state index in [4.69, 9.17) is 0 Å². The van der Waals surface area contributed by atoms with Gasteiger partial charge in [-0.3, -0.25) is 0 Å². The Morgan fingerprint density at radius 1 is 0.560 bits per heavy atom. The maximum atomic E-state index is 3.18. The minimum atomic E-state index is 1.25. The number of rotatable bonds is 0. The summed E-state index contributed by atoms with van der Waals surface area (Å²) in [5.41, 5.74) is 1.25. The summed E-state index contributed by atoms with van der Waals surface area (Å²) in [6.07, 6.45) is 13.3. The summed E-state index contributed by atoms with van der Waals surface area (Å²) in [6, 6.07) is 20.0. The second kappa shape index (κ2) is 11.2. The Labute approximate surface area is 148 Å². The fourth-order valence-corrected chi connectivity index (χ4v) is 2.06. The predicted octanol–water partition coefficient (Wildman–Crippen LogP) is 3.47. The Kier molecular flexibility index (Phi) is 8.10. The third-order valence-corrected chi connectivity index (χ3v) is 3.30. The maximum absolute atomic E-state index is 3.18. The van der Waals surface area contributed by atoms with E-state index in [-0.39, 0.29) is 0 Å². The number of hydrogen-bond acceptors (Lipinski definition) is 0. The highest BCUT2D eigenvalue weighted by Crippen LogP contribution is 2.08. The van der Waals surface area contributed by atoms with E-state index in [1.807, 2.05) is 79.8 Å². The van der Waals surface area contributed by atoms with Gasteiger partial charge >= 0.3 is 0 Å². The van der Waals surface area contributed by atoms with Crippen LogP contribution in [0.3, 0.4) is 0 Å². The molecule has 0 aliphatic rings. The normalized spacial score (nSPS) is 8.96. The quantitative estimate of drug-likeness (QED) is 0.314. The molecular weight excluding hydrogens is 307 g/mol. The van der Waals surface area contributed by atoms with Gasteiger partial charge in [0.25, 0.3) is 0 Å². The van der Waals surface area contributed by atoms with E-state index < -0.39 is 0 Å². The molecule has 0 fully saturated rings. The first kappa shape index (κ1) is 18.0. The number of hydrogen-bond donors (Lipinski definition) is 4. The van der Waals surface area contributed by atoms with E-state index in [1.54, 1.807) is 0 Å². The molecule has 0 radical (unpaired) electrons. The lowest BCUT2D eigenvalue weighted by Gasteiger charge is -1.87. The van der Waals surface area contributed by atoms with Gasteiger partial charge in [0.2, 0.25) is 0 Å². The molecule has 4 nitrogen and oxygen atoms in total. The molecule has 1 aromatic carbocycles. The summed E-state index contributed by atoms with van der Waals surface area (Å²) in [6.45, 7) is 0. The molecule has 5 aromatic rings. The Morgan fingerprint density at radius 2 is 1.00 bits per heavy atom. The number of aromatic amines is 4. The lowest BCUT2D eigenvalue weighted by molar-refractivity contribution is 1.41. The topological polar surface area (TPSA) is 63.2 Å². The van der Waals surface area contributed by atoms with Crippen molar-refractivity contribution >= 4 is 24.2 Å². The number of H-pyrrole nitrogens is 4. The number of aromatic nitrogens is 4. The van der Waals surface area contributed by atoms with Gasteiger partial charge in [-0.05, 0) is 52.8 Å². The highest BCUT2D eigenvalue weighted by atomic mass is 14.7. The monoisotopic (exact) mass is 330 g/mol. The molecule has 0 amide bonds. The molecule has 4 heterocycles. The molecule has 4 N–H and O–H groups in total. The lowest BCUT2D eigenvalue weighted by Crippen LogP contribution is -2.01. The van der Waals surface area contributed by atoms with Crippen LogP contribution in [-0.2, 0) is 0 Å². The van der Waals surface area contributed by atoms with Crippen LogP contribution in [0.2, 0.25) is 0 Å². The van der Waals surface area contributed by atoms with E-state index in [2.05, 4.69) is 52.0 Å². The summed E-state index contributed by atoms with van der Waals surface area (Å²) in [5, 5.41) is 2.61. The molecular formula is C20H23BN4. The fraction of sp³-hybridized carbons (Fsp3) is 0. The third kappa shape index (κ3) is 7.18. The van der Waals surface area contributed by atoms with Gasteiger partial charge in [-0.2, -0.15) is 0 Å². The molecule has 0 bridgehead atoms. The minimum Gasteiger partial charge on any atom is -0.373 e. The molecule has 0 atom stereocenters. The van der Waals surface area contributed by atoms with Crippen LogP contribution in [0.15, 0.2) is 104 Å². The van der Waals surface area contributed by atoms with Gasteiger partial charge in [0.05, 0.1) is 0 Å². The van der Waals surface area contributed by atoms with Crippen molar-refractivity contribution in [3.63, 3.8) is 0 Å². The molecule has 5 rings (SSSR count). The molecule has 0 aliphatic heterocycles. The van der Waals surface area contributed by atoms with E-state index in [0.29, 0.717) is 0 Å². The number of benzene rings is 1. The highest BCUT2D eigenvalue weighted by Gasteiger charge is 1.94. The Bertz CT molecular complexity index is 746. The van der Waals surface area contributed by atoms with Crippen molar-refractivity contribution in [1.29, 1.82) is 0 Å². The third-order valence-electron chi connectivity index (χ3n) is 3.30. The molecule has 4 aromatic heterocycles. The standard InChI is InChI=1S/C8H8BN.3C4H5N/c9-8-7-4-2-1-3-6(7)5-10-8;3*1-2-4-5-3-1/h1-5,10H,9H2;3*1-5H. The minimum absolute atomic E-state index is 1.25. The number of nitrogens with one attached hydrogen (secondary N) is 4. The molecule has 0 saturated heterocycles. The average Bonchev–Trinajstić information content (AvgIpc) is 3.48. The molecule has 25 heavy (non-hydrogen) atoms. The largest absolute Gasteiger partial charge is 0.373 e. The molecule has 0 saturated carbocycles. The summed E-state index contributed by atoms with van der Waals surface area (Å²) in [4.78, 5) is 11.8. The fourth-order valence-electron chi connectivity index (χ4n) is 2.06. The van der Waals surface area contributed by atoms with Crippen LogP contribution < -0.4 is 5.59 Å². The molecule has 0 spiro atoms. The second-order valence-corrected chi connectivity index (χ2v) is 5.16. The van der Waals surface area contributed by atoms with Gasteiger partial charge < -0.3 is 19.9 Å². The van der Waals surface area contributed by atoms with E-state index >= 15 is 0 Å². The van der Waals surface area contributed by atoms with Gasteiger partial charge in [0, 0.05) is 43.4 Å². The van der Waals surface area contributed by atoms with Gasteiger partial charge in [-0.1, -0.05) is 24.3 Å². The molecule has 126 valence electrons. The summed E-state index contributed by atoms with van der Waals surface area (Å²) < 4.78 is 0. The van der Waals surface area contributed by atoms with Gasteiger partial charge in [0.15, 0.2) is 7.85 Å². The molecule has 5 heteroatoms. The van der Waals surface area contributed by atoms with Crippen LogP contribution in [0, 0.1) is 0 Å². The van der Waals surface area contributed by atoms with Crippen molar-refractivity contribution in [2.45, 2.75) is 0 Å². The zero-order chi connectivity index (χ0) is 17.6. The van der Waals surface area contributed by atoms with E-state index in [0.717, 1.165) is 0 Å². The summed E-state index contributed by atoms with van der Waals surface area (Å²) in [7, 11) is 2.09. The molecule has 0 aliphatic carbocycles. The maximum Gasteiger partial charge on any atom is 0.161 e.